The number of allylic oxidation sites excluding steroid dienone is 5. The molecule has 1 saturated heterocycles. The maximum atomic E-state index is 10.5. The summed E-state index contributed by atoms with van der Waals surface area (Å²) in [6, 6.07) is 0. The van der Waals surface area contributed by atoms with Gasteiger partial charge in [0.1, 0.15) is 6.10 Å². The molecule has 0 aromatic heterocycles. The molecule has 5 atom stereocenters. The van der Waals surface area contributed by atoms with Gasteiger partial charge in [-0.2, -0.15) is 0 Å². The van der Waals surface area contributed by atoms with Gasteiger partial charge in [0.25, 0.3) is 0 Å². The summed E-state index contributed by atoms with van der Waals surface area (Å²) in [7, 11) is 0. The van der Waals surface area contributed by atoms with Crippen LogP contribution in [0.3, 0.4) is 0 Å². The van der Waals surface area contributed by atoms with Gasteiger partial charge < -0.3 is 25.2 Å². The van der Waals surface area contributed by atoms with E-state index >= 15 is 0 Å². The van der Waals surface area contributed by atoms with Crippen LogP contribution in [0, 0.1) is 0 Å². The molecule has 0 saturated carbocycles. The Morgan fingerprint density at radius 3 is 2.39 bits per heavy atom. The number of aliphatic hydroxyl groups is 3. The first-order valence-electron chi connectivity index (χ1n) is 9.98. The fraction of sp³-hybridized carbons (Fsp3) is 0.591. The lowest BCUT2D eigenvalue weighted by molar-refractivity contribution is -0.137. The van der Waals surface area contributed by atoms with Crippen LogP contribution >= 0.6 is 0 Å². The first kappa shape index (κ1) is 24.3. The molecule has 6 nitrogen and oxygen atoms in total. The van der Waals surface area contributed by atoms with Crippen LogP contribution in [0.25, 0.3) is 0 Å². The number of hydrogen-bond donors (Lipinski definition) is 4. The van der Waals surface area contributed by atoms with Gasteiger partial charge in [-0.3, -0.25) is 4.79 Å². The second-order valence-electron chi connectivity index (χ2n) is 6.92. The van der Waals surface area contributed by atoms with Crippen LogP contribution < -0.4 is 0 Å². The SMILES string of the molecule is CC/C=C\C/C=C\C/C=C\C[C@H](O)[C@@H]1C[C@@H](O)[C@H](/C=C/[C@@H](O)CCC(=O)O)O1. The van der Waals surface area contributed by atoms with Gasteiger partial charge in [0.15, 0.2) is 0 Å². The zero-order chi connectivity index (χ0) is 20.8. The molecule has 0 aromatic carbocycles. The minimum absolute atomic E-state index is 0.106. The summed E-state index contributed by atoms with van der Waals surface area (Å²) in [5, 5.41) is 38.6. The lowest BCUT2D eigenvalue weighted by Crippen LogP contribution is -2.25. The molecule has 0 amide bonds. The average molecular weight is 395 g/mol. The van der Waals surface area contributed by atoms with E-state index in [4.69, 9.17) is 9.84 Å². The van der Waals surface area contributed by atoms with Crippen molar-refractivity contribution in [2.24, 2.45) is 0 Å². The minimum Gasteiger partial charge on any atom is -0.481 e. The van der Waals surface area contributed by atoms with Gasteiger partial charge in [-0.1, -0.05) is 55.5 Å². The Labute approximate surface area is 167 Å². The van der Waals surface area contributed by atoms with Crippen LogP contribution in [0.15, 0.2) is 48.6 Å². The monoisotopic (exact) mass is 394 g/mol. The molecule has 1 aliphatic heterocycles. The summed E-state index contributed by atoms with van der Waals surface area (Å²) in [5.41, 5.74) is 0. The molecule has 1 fully saturated rings. The highest BCUT2D eigenvalue weighted by molar-refractivity contribution is 5.66. The number of hydrogen-bond acceptors (Lipinski definition) is 5. The van der Waals surface area contributed by atoms with Gasteiger partial charge in [0, 0.05) is 12.8 Å². The molecular formula is C22H34O6. The second kappa shape index (κ2) is 14.3. The molecular weight excluding hydrogens is 360 g/mol. The molecule has 0 radical (unpaired) electrons. The van der Waals surface area contributed by atoms with E-state index in [9.17, 15) is 20.1 Å². The first-order valence-corrected chi connectivity index (χ1v) is 9.98. The van der Waals surface area contributed by atoms with Gasteiger partial charge >= 0.3 is 5.97 Å². The Bertz CT molecular complexity index is 551. The fourth-order valence-electron chi connectivity index (χ4n) is 2.84. The number of carboxylic acid groups (broad SMARTS) is 1. The third kappa shape index (κ3) is 10.6. The van der Waals surface area contributed by atoms with E-state index in [-0.39, 0.29) is 12.8 Å². The number of ether oxygens (including phenoxy) is 1. The molecule has 158 valence electrons. The van der Waals surface area contributed by atoms with Crippen molar-refractivity contribution in [3.05, 3.63) is 48.6 Å². The molecule has 1 rings (SSSR count). The predicted molar refractivity (Wildman–Crippen MR) is 109 cm³/mol. The van der Waals surface area contributed by atoms with Crippen LogP contribution in [0.2, 0.25) is 0 Å². The average Bonchev–Trinajstić information content (AvgIpc) is 3.04. The zero-order valence-electron chi connectivity index (χ0n) is 16.6. The normalized spacial score (nSPS) is 25.5. The van der Waals surface area contributed by atoms with Crippen molar-refractivity contribution in [2.45, 2.75) is 82.4 Å². The third-order valence-electron chi connectivity index (χ3n) is 4.45. The summed E-state index contributed by atoms with van der Waals surface area (Å²) in [6.45, 7) is 2.10. The number of carboxylic acids is 1. The van der Waals surface area contributed by atoms with E-state index in [2.05, 4.69) is 31.2 Å². The Morgan fingerprint density at radius 1 is 1.11 bits per heavy atom. The van der Waals surface area contributed by atoms with E-state index < -0.39 is 36.5 Å². The lowest BCUT2D eigenvalue weighted by Gasteiger charge is -2.16. The van der Waals surface area contributed by atoms with Crippen LogP contribution in [0.4, 0.5) is 0 Å². The maximum Gasteiger partial charge on any atom is 0.303 e. The van der Waals surface area contributed by atoms with Gasteiger partial charge in [0.2, 0.25) is 0 Å². The number of aliphatic hydroxyl groups excluding tert-OH is 3. The molecule has 1 aliphatic rings. The van der Waals surface area contributed by atoms with Crippen molar-refractivity contribution in [3.8, 4) is 0 Å². The molecule has 28 heavy (non-hydrogen) atoms. The highest BCUT2D eigenvalue weighted by Crippen LogP contribution is 2.25. The topological polar surface area (TPSA) is 107 Å². The molecule has 6 heteroatoms. The van der Waals surface area contributed by atoms with Crippen molar-refractivity contribution in [1.29, 1.82) is 0 Å². The van der Waals surface area contributed by atoms with Crippen molar-refractivity contribution in [2.75, 3.05) is 0 Å². The first-order chi connectivity index (χ1) is 13.4. The number of rotatable bonds is 13. The summed E-state index contributed by atoms with van der Waals surface area (Å²) in [4.78, 5) is 10.5. The molecule has 0 aromatic rings. The molecule has 0 aliphatic carbocycles. The van der Waals surface area contributed by atoms with Crippen LogP contribution in [-0.2, 0) is 9.53 Å². The molecule has 0 spiro atoms. The van der Waals surface area contributed by atoms with Crippen molar-refractivity contribution in [3.63, 3.8) is 0 Å². The number of aliphatic carboxylic acids is 1. The Balaban J connectivity index is 2.31. The molecule has 0 unspecified atom stereocenters. The van der Waals surface area contributed by atoms with Gasteiger partial charge in [-0.05, 0) is 32.1 Å². The van der Waals surface area contributed by atoms with Crippen molar-refractivity contribution >= 4 is 5.97 Å². The highest BCUT2D eigenvalue weighted by atomic mass is 16.5. The largest absolute Gasteiger partial charge is 0.481 e. The summed E-state index contributed by atoms with van der Waals surface area (Å²) in [5.74, 6) is -0.968. The quantitative estimate of drug-likeness (QED) is 0.358. The summed E-state index contributed by atoms with van der Waals surface area (Å²) < 4.78 is 5.67. The van der Waals surface area contributed by atoms with Gasteiger partial charge in [-0.15, -0.1) is 0 Å². The zero-order valence-corrected chi connectivity index (χ0v) is 16.6. The lowest BCUT2D eigenvalue weighted by atomic mass is 10.0. The smallest absolute Gasteiger partial charge is 0.303 e. The van der Waals surface area contributed by atoms with E-state index in [1.54, 1.807) is 0 Å². The fourth-order valence-corrected chi connectivity index (χ4v) is 2.84. The van der Waals surface area contributed by atoms with Crippen LogP contribution in [0.1, 0.15) is 51.9 Å². The Hall–Kier alpha value is -1.73. The van der Waals surface area contributed by atoms with Gasteiger partial charge in [-0.25, -0.2) is 0 Å². The maximum absolute atomic E-state index is 10.5. The minimum atomic E-state index is -0.968. The third-order valence-corrected chi connectivity index (χ3v) is 4.45. The summed E-state index contributed by atoms with van der Waals surface area (Å²) in [6.07, 6.45) is 15.4. The predicted octanol–water partition coefficient (Wildman–Crippen LogP) is 2.90. The second-order valence-corrected chi connectivity index (χ2v) is 6.92. The molecule has 0 bridgehead atoms. The van der Waals surface area contributed by atoms with Crippen molar-refractivity contribution < 1.29 is 30.0 Å². The van der Waals surface area contributed by atoms with E-state index in [0.717, 1.165) is 19.3 Å². The molecule has 4 N–H and O–H groups in total. The highest BCUT2D eigenvalue weighted by Gasteiger charge is 2.35. The Kier molecular flexibility index (Phi) is 12.4. The van der Waals surface area contributed by atoms with E-state index in [0.29, 0.717) is 12.8 Å². The van der Waals surface area contributed by atoms with E-state index in [1.807, 2.05) is 12.2 Å². The van der Waals surface area contributed by atoms with Crippen molar-refractivity contribution in [1.82, 2.24) is 0 Å². The molecule has 1 heterocycles. The number of carbonyl (C=O) groups is 1. The van der Waals surface area contributed by atoms with E-state index in [1.165, 1.54) is 12.2 Å². The van der Waals surface area contributed by atoms with Crippen LogP contribution in [0.5, 0.6) is 0 Å². The standard InChI is InChI=1S/C22H34O6/c1-2-3-4-5-6-7-8-9-10-11-18(24)21-16-19(25)20(28-21)14-12-17(23)13-15-22(26)27/h3-4,6-7,9-10,12,14,17-21,23-25H,2,5,8,11,13,15-16H2,1H3,(H,26,27)/b4-3-,7-6-,10-9-,14-12+/t17-,18+,19-,20+,21+/m1/s1. The van der Waals surface area contributed by atoms with Gasteiger partial charge in [0.05, 0.1) is 24.4 Å². The van der Waals surface area contributed by atoms with Crippen LogP contribution in [-0.4, -0.2) is 56.9 Å². The Morgan fingerprint density at radius 2 is 1.75 bits per heavy atom. The summed E-state index contributed by atoms with van der Waals surface area (Å²) >= 11 is 0.